The number of aliphatic carboxylic acids is 1. The summed E-state index contributed by atoms with van der Waals surface area (Å²) in [4.78, 5) is 22.6. The molecule has 2 N–H and O–H groups in total. The van der Waals surface area contributed by atoms with Gasteiger partial charge >= 0.3 is 5.97 Å². The maximum absolute atomic E-state index is 11.7. The number of rotatable bonds is 4. The van der Waals surface area contributed by atoms with Crippen molar-refractivity contribution in [2.45, 2.75) is 38.4 Å². The van der Waals surface area contributed by atoms with E-state index >= 15 is 0 Å². The molecule has 5 heteroatoms. The van der Waals surface area contributed by atoms with Gasteiger partial charge in [0.15, 0.2) is 0 Å². The monoisotopic (exact) mass is 245 g/mol. The zero-order chi connectivity index (χ0) is 12.2. The molecule has 0 aromatic carbocycles. The molecule has 92 valence electrons. The van der Waals surface area contributed by atoms with E-state index < -0.39 is 11.4 Å². The summed E-state index contributed by atoms with van der Waals surface area (Å²) < 4.78 is 0. The first-order valence-electron chi connectivity index (χ1n) is 5.56. The molecule has 0 radical (unpaired) electrons. The molecule has 1 rings (SSSR count). The highest BCUT2D eigenvalue weighted by Gasteiger charge is 2.29. The van der Waals surface area contributed by atoms with Crippen LogP contribution in [0, 0.1) is 5.41 Å². The molecule has 16 heavy (non-hydrogen) atoms. The van der Waals surface area contributed by atoms with E-state index in [9.17, 15) is 9.59 Å². The molecule has 1 saturated heterocycles. The maximum Gasteiger partial charge on any atom is 0.310 e. The van der Waals surface area contributed by atoms with Gasteiger partial charge in [-0.15, -0.1) is 11.8 Å². The number of carboxylic acids is 1. The van der Waals surface area contributed by atoms with E-state index in [1.165, 1.54) is 6.42 Å². The predicted molar refractivity (Wildman–Crippen MR) is 64.5 cm³/mol. The van der Waals surface area contributed by atoms with Crippen molar-refractivity contribution in [3.63, 3.8) is 0 Å². The van der Waals surface area contributed by atoms with Gasteiger partial charge in [-0.1, -0.05) is 6.42 Å². The molecule has 0 bridgehead atoms. The van der Waals surface area contributed by atoms with E-state index in [2.05, 4.69) is 5.32 Å². The Labute approximate surface area is 100 Å². The molecular weight excluding hydrogens is 226 g/mol. The van der Waals surface area contributed by atoms with Gasteiger partial charge in [0.05, 0.1) is 10.7 Å². The highest BCUT2D eigenvalue weighted by atomic mass is 32.2. The van der Waals surface area contributed by atoms with Gasteiger partial charge in [-0.2, -0.15) is 0 Å². The number of carbonyl (C=O) groups excluding carboxylic acids is 1. The fourth-order valence-electron chi connectivity index (χ4n) is 1.45. The van der Waals surface area contributed by atoms with Crippen molar-refractivity contribution in [1.82, 2.24) is 5.32 Å². The molecule has 1 aliphatic heterocycles. The Kier molecular flexibility index (Phi) is 4.65. The Balaban J connectivity index is 2.37. The Morgan fingerprint density at radius 1 is 1.44 bits per heavy atom. The van der Waals surface area contributed by atoms with E-state index in [-0.39, 0.29) is 17.7 Å². The first kappa shape index (κ1) is 13.4. The SMILES string of the molecule is CC(C)(CNC(=O)C1CCCCS1)C(=O)O. The Bertz CT molecular complexity index is 272. The van der Waals surface area contributed by atoms with Crippen molar-refractivity contribution < 1.29 is 14.7 Å². The van der Waals surface area contributed by atoms with E-state index in [4.69, 9.17) is 5.11 Å². The summed E-state index contributed by atoms with van der Waals surface area (Å²) in [6.45, 7) is 3.42. The lowest BCUT2D eigenvalue weighted by molar-refractivity contribution is -0.146. The van der Waals surface area contributed by atoms with Crippen molar-refractivity contribution in [3.8, 4) is 0 Å². The number of amides is 1. The van der Waals surface area contributed by atoms with E-state index in [0.717, 1.165) is 18.6 Å². The van der Waals surface area contributed by atoms with Gasteiger partial charge in [0, 0.05) is 6.54 Å². The molecular formula is C11H19NO3S. The van der Waals surface area contributed by atoms with Crippen molar-refractivity contribution in [3.05, 3.63) is 0 Å². The zero-order valence-electron chi connectivity index (χ0n) is 9.78. The number of hydrogen-bond acceptors (Lipinski definition) is 3. The molecule has 1 heterocycles. The summed E-state index contributed by atoms with van der Waals surface area (Å²) in [7, 11) is 0. The average Bonchev–Trinajstić information content (AvgIpc) is 2.27. The zero-order valence-corrected chi connectivity index (χ0v) is 10.6. The van der Waals surface area contributed by atoms with Gasteiger partial charge in [0.25, 0.3) is 0 Å². The summed E-state index contributed by atoms with van der Waals surface area (Å²) >= 11 is 1.67. The number of thioether (sulfide) groups is 1. The topological polar surface area (TPSA) is 66.4 Å². The van der Waals surface area contributed by atoms with Gasteiger partial charge in [-0.05, 0) is 32.4 Å². The summed E-state index contributed by atoms with van der Waals surface area (Å²) in [6.07, 6.45) is 3.17. The lowest BCUT2D eigenvalue weighted by Crippen LogP contribution is -2.42. The van der Waals surface area contributed by atoms with Gasteiger partial charge in [0.2, 0.25) is 5.91 Å². The van der Waals surface area contributed by atoms with Crippen LogP contribution in [0.5, 0.6) is 0 Å². The standard InChI is InChI=1S/C11H19NO3S/c1-11(2,10(14)15)7-12-9(13)8-5-3-4-6-16-8/h8H,3-7H2,1-2H3,(H,12,13)(H,14,15). The molecule has 0 aromatic heterocycles. The summed E-state index contributed by atoms with van der Waals surface area (Å²) in [5, 5.41) is 11.7. The highest BCUT2D eigenvalue weighted by Crippen LogP contribution is 2.25. The molecule has 0 saturated carbocycles. The summed E-state index contributed by atoms with van der Waals surface area (Å²) in [6, 6.07) is 0. The molecule has 1 amide bonds. The minimum absolute atomic E-state index is 0.0124. The molecule has 1 aliphatic rings. The van der Waals surface area contributed by atoms with Crippen LogP contribution in [0.3, 0.4) is 0 Å². The summed E-state index contributed by atoms with van der Waals surface area (Å²) in [5.74, 6) is 0.128. The second-order valence-electron chi connectivity index (χ2n) is 4.76. The van der Waals surface area contributed by atoms with E-state index in [0.29, 0.717) is 0 Å². The molecule has 1 atom stereocenters. The third-order valence-electron chi connectivity index (χ3n) is 2.76. The van der Waals surface area contributed by atoms with Crippen LogP contribution < -0.4 is 5.32 Å². The number of carboxylic acid groups (broad SMARTS) is 1. The number of hydrogen-bond donors (Lipinski definition) is 2. The first-order valence-corrected chi connectivity index (χ1v) is 6.61. The van der Waals surface area contributed by atoms with Crippen molar-refractivity contribution >= 4 is 23.6 Å². The van der Waals surface area contributed by atoms with Gasteiger partial charge in [-0.3, -0.25) is 9.59 Å². The number of carbonyl (C=O) groups is 2. The van der Waals surface area contributed by atoms with Crippen LogP contribution in [0.4, 0.5) is 0 Å². The quantitative estimate of drug-likeness (QED) is 0.787. The maximum atomic E-state index is 11.7. The van der Waals surface area contributed by atoms with Crippen LogP contribution in [0.2, 0.25) is 0 Å². The molecule has 1 fully saturated rings. The third kappa shape index (κ3) is 3.70. The smallest absolute Gasteiger partial charge is 0.310 e. The van der Waals surface area contributed by atoms with Crippen molar-refractivity contribution in [2.24, 2.45) is 5.41 Å². The lowest BCUT2D eigenvalue weighted by atomic mass is 9.94. The largest absolute Gasteiger partial charge is 0.481 e. The second-order valence-corrected chi connectivity index (χ2v) is 6.07. The number of nitrogens with one attached hydrogen (secondary N) is 1. The van der Waals surface area contributed by atoms with Crippen LogP contribution in [0.1, 0.15) is 33.1 Å². The van der Waals surface area contributed by atoms with Crippen LogP contribution in [-0.4, -0.2) is 34.5 Å². The predicted octanol–water partition coefficient (Wildman–Crippen LogP) is 1.50. The first-order chi connectivity index (χ1) is 7.43. The highest BCUT2D eigenvalue weighted by molar-refractivity contribution is 8.00. The van der Waals surface area contributed by atoms with Crippen molar-refractivity contribution in [2.75, 3.05) is 12.3 Å². The summed E-state index contributed by atoms with van der Waals surface area (Å²) in [5.41, 5.74) is -0.894. The molecule has 4 nitrogen and oxygen atoms in total. The normalized spacial score (nSPS) is 21.5. The van der Waals surface area contributed by atoms with Gasteiger partial charge in [-0.25, -0.2) is 0 Å². The van der Waals surface area contributed by atoms with Gasteiger partial charge < -0.3 is 10.4 Å². The molecule has 1 unspecified atom stereocenters. The third-order valence-corrected chi connectivity index (χ3v) is 4.13. The van der Waals surface area contributed by atoms with E-state index in [1.54, 1.807) is 25.6 Å². The van der Waals surface area contributed by atoms with Gasteiger partial charge in [0.1, 0.15) is 0 Å². The Morgan fingerprint density at radius 2 is 2.12 bits per heavy atom. The average molecular weight is 245 g/mol. The fraction of sp³-hybridized carbons (Fsp3) is 0.818. The minimum atomic E-state index is -0.894. The molecule has 0 spiro atoms. The Hall–Kier alpha value is -0.710. The van der Waals surface area contributed by atoms with Crippen LogP contribution in [0.15, 0.2) is 0 Å². The fourth-order valence-corrected chi connectivity index (χ4v) is 2.67. The van der Waals surface area contributed by atoms with Crippen molar-refractivity contribution in [1.29, 1.82) is 0 Å². The molecule has 0 aromatic rings. The van der Waals surface area contributed by atoms with Crippen LogP contribution in [-0.2, 0) is 9.59 Å². The van der Waals surface area contributed by atoms with Crippen LogP contribution >= 0.6 is 11.8 Å². The second kappa shape index (κ2) is 5.57. The minimum Gasteiger partial charge on any atom is -0.481 e. The molecule has 0 aliphatic carbocycles. The lowest BCUT2D eigenvalue weighted by Gasteiger charge is -2.24. The Morgan fingerprint density at radius 3 is 2.62 bits per heavy atom. The van der Waals surface area contributed by atoms with Crippen LogP contribution in [0.25, 0.3) is 0 Å². The van der Waals surface area contributed by atoms with E-state index in [1.807, 2.05) is 0 Å².